The molecule has 8 rings (SSSR count). The van der Waals surface area contributed by atoms with Gasteiger partial charge in [-0.25, -0.2) is 0 Å². The number of hydrogen-bond donors (Lipinski definition) is 1. The van der Waals surface area contributed by atoms with Gasteiger partial charge in [0.2, 0.25) is 0 Å². The average molecular weight is 730 g/mol. The summed E-state index contributed by atoms with van der Waals surface area (Å²) >= 11 is 11.3. The number of alkyl halides is 1. The Bertz CT molecular complexity index is 2040. The van der Waals surface area contributed by atoms with Crippen LogP contribution in [0.5, 0.6) is 0 Å². The highest BCUT2D eigenvalue weighted by Gasteiger charge is 2.46. The van der Waals surface area contributed by atoms with Crippen molar-refractivity contribution in [2.75, 3.05) is 9.80 Å². The summed E-state index contributed by atoms with van der Waals surface area (Å²) in [5, 5.41) is 13.7. The van der Waals surface area contributed by atoms with Crippen LogP contribution in [0.15, 0.2) is 164 Å². The molecule has 246 valence electrons. The van der Waals surface area contributed by atoms with E-state index in [4.69, 9.17) is 22.9 Å². The first-order chi connectivity index (χ1) is 23.6. The maximum Gasteiger partial charge on any atom is 0.160 e. The maximum absolute atomic E-state index is 11.1. The van der Waals surface area contributed by atoms with Gasteiger partial charge in [-0.15, -0.1) is 0 Å². The first-order valence-corrected chi connectivity index (χ1v) is 17.6. The zero-order valence-electron chi connectivity index (χ0n) is 27.5. The second-order valence-corrected chi connectivity index (χ2v) is 14.8. The Morgan fingerprint density at radius 3 is 1.67 bits per heavy atom. The highest BCUT2D eigenvalue weighted by atomic mass is 79.9. The third kappa shape index (κ3) is 6.64. The highest BCUT2D eigenvalue weighted by molar-refractivity contribution is 9.10. The van der Waals surface area contributed by atoms with Gasteiger partial charge in [0.1, 0.15) is 0 Å². The molecule has 3 aliphatic rings. The first-order valence-electron chi connectivity index (χ1n) is 16.5. The van der Waals surface area contributed by atoms with E-state index in [-0.39, 0.29) is 5.92 Å². The molecule has 0 radical (unpaired) electrons. The van der Waals surface area contributed by atoms with Crippen molar-refractivity contribution in [1.29, 1.82) is 0 Å². The predicted octanol–water partition coefficient (Wildman–Crippen LogP) is 9.63. The van der Waals surface area contributed by atoms with Gasteiger partial charge in [0.05, 0.1) is 21.8 Å². The van der Waals surface area contributed by atoms with Crippen molar-refractivity contribution >= 4 is 61.7 Å². The van der Waals surface area contributed by atoms with Crippen LogP contribution in [0.4, 0.5) is 22.7 Å². The van der Waals surface area contributed by atoms with Crippen LogP contribution in [0.2, 0.25) is 5.02 Å². The minimum absolute atomic E-state index is 0.258. The number of para-hydroxylation sites is 4. The minimum Gasteiger partial charge on any atom is -0.366 e. The molecule has 0 fully saturated rings. The zero-order valence-corrected chi connectivity index (χ0v) is 29.9. The molecule has 3 aliphatic carbocycles. The normalized spacial score (nSPS) is 22.5. The van der Waals surface area contributed by atoms with Crippen molar-refractivity contribution in [3.63, 3.8) is 0 Å². The molecule has 0 saturated heterocycles. The van der Waals surface area contributed by atoms with Crippen molar-refractivity contribution in [2.45, 2.75) is 36.5 Å². The Hall–Kier alpha value is -4.39. The van der Waals surface area contributed by atoms with Crippen molar-refractivity contribution in [3.05, 3.63) is 179 Å². The topological polar surface area (TPSA) is 35.9 Å². The number of ether oxygens (including phenoxy) is 1. The number of aliphatic hydroxyl groups is 1. The molecule has 4 nitrogen and oxygen atoms in total. The van der Waals surface area contributed by atoms with E-state index in [1.54, 1.807) is 13.8 Å². The lowest BCUT2D eigenvalue weighted by Crippen LogP contribution is -2.46. The molecule has 2 bridgehead atoms. The first kappa shape index (κ1) is 33.1. The number of halogens is 2. The quantitative estimate of drug-likeness (QED) is 0.0981. The molecule has 0 aromatic heterocycles. The number of rotatable bonds is 8. The second-order valence-electron chi connectivity index (χ2n) is 13.0. The standard InChI is InChI=1S/C43H38BrClN2O2/c1-30-36-26-27-43(44,29-39(36)49-42(2,3)48)41(47(34-20-12-6-13-21-34)35-22-14-7-15-23-35)38-28-31(45)24-25-37(38)40(30)46(32-16-8-4-9-17-32)33-18-10-5-11-19-33/h4-28,36,39,48H,1,29H2,2-3H3/b40-37+,41-38+. The van der Waals surface area contributed by atoms with E-state index in [0.29, 0.717) is 11.4 Å². The van der Waals surface area contributed by atoms with Crippen LogP contribution < -0.4 is 20.2 Å². The van der Waals surface area contributed by atoms with Gasteiger partial charge >= 0.3 is 0 Å². The summed E-state index contributed by atoms with van der Waals surface area (Å²) in [5.41, 5.74) is 6.71. The molecule has 0 aliphatic heterocycles. The highest BCUT2D eigenvalue weighted by Crippen LogP contribution is 2.49. The molecule has 49 heavy (non-hydrogen) atoms. The van der Waals surface area contributed by atoms with Crippen LogP contribution in [0.3, 0.4) is 0 Å². The number of hydrogen-bond acceptors (Lipinski definition) is 4. The minimum atomic E-state index is -1.38. The van der Waals surface area contributed by atoms with Gasteiger partial charge in [0.25, 0.3) is 0 Å². The van der Waals surface area contributed by atoms with Gasteiger partial charge in [-0.2, -0.15) is 0 Å². The van der Waals surface area contributed by atoms with Gasteiger partial charge in [-0.1, -0.05) is 125 Å². The van der Waals surface area contributed by atoms with E-state index in [2.05, 4.69) is 147 Å². The number of fused-ring (bicyclic) bond motifs is 2. The molecule has 0 amide bonds. The number of anilines is 4. The molecular formula is C43H38BrClN2O2. The van der Waals surface area contributed by atoms with E-state index in [0.717, 1.165) is 50.2 Å². The molecule has 5 aromatic rings. The third-order valence-corrected chi connectivity index (χ3v) is 10.2. The van der Waals surface area contributed by atoms with Crippen molar-refractivity contribution in [1.82, 2.24) is 0 Å². The zero-order chi connectivity index (χ0) is 34.2. The van der Waals surface area contributed by atoms with E-state index in [9.17, 15) is 5.11 Å². The van der Waals surface area contributed by atoms with Gasteiger partial charge in [0.15, 0.2) is 5.79 Å². The predicted molar refractivity (Wildman–Crippen MR) is 207 cm³/mol. The van der Waals surface area contributed by atoms with E-state index < -0.39 is 16.2 Å². The van der Waals surface area contributed by atoms with Gasteiger partial charge in [-0.05, 0) is 86.5 Å². The Labute approximate surface area is 301 Å². The summed E-state index contributed by atoms with van der Waals surface area (Å²) in [4.78, 5) is 4.58. The Morgan fingerprint density at radius 2 is 1.20 bits per heavy atom. The lowest BCUT2D eigenvalue weighted by Gasteiger charge is -2.44. The molecule has 1 N–H and O–H groups in total. The lowest BCUT2D eigenvalue weighted by molar-refractivity contribution is -0.213. The summed E-state index contributed by atoms with van der Waals surface area (Å²) in [7, 11) is 0. The lowest BCUT2D eigenvalue weighted by atomic mass is 9.79. The van der Waals surface area contributed by atoms with Crippen LogP contribution in [-0.2, 0) is 4.74 Å². The maximum atomic E-state index is 11.1. The summed E-state index contributed by atoms with van der Waals surface area (Å²) in [6, 6.07) is 47.6. The summed E-state index contributed by atoms with van der Waals surface area (Å²) in [6.45, 7) is 8.21. The fraction of sp³-hybridized carbons (Fsp3) is 0.163. The van der Waals surface area contributed by atoms with Crippen LogP contribution in [0.1, 0.15) is 20.3 Å². The van der Waals surface area contributed by atoms with Gasteiger partial charge in [0, 0.05) is 44.1 Å². The van der Waals surface area contributed by atoms with Gasteiger partial charge in [-0.3, -0.25) is 0 Å². The monoisotopic (exact) mass is 728 g/mol. The molecule has 0 spiro atoms. The van der Waals surface area contributed by atoms with Gasteiger partial charge < -0.3 is 19.6 Å². The van der Waals surface area contributed by atoms with Crippen LogP contribution >= 0.6 is 27.5 Å². The van der Waals surface area contributed by atoms with Crippen molar-refractivity contribution < 1.29 is 9.84 Å². The number of nitrogens with zero attached hydrogens (tertiary/aromatic N) is 2. The summed E-state index contributed by atoms with van der Waals surface area (Å²) in [6.07, 6.45) is 4.49. The molecular weight excluding hydrogens is 692 g/mol. The third-order valence-electron chi connectivity index (χ3n) is 9.00. The summed E-state index contributed by atoms with van der Waals surface area (Å²) < 4.78 is 5.82. The average Bonchev–Trinajstić information content (AvgIpc) is 3.15. The van der Waals surface area contributed by atoms with Crippen LogP contribution in [0, 0.1) is 5.92 Å². The Morgan fingerprint density at radius 1 is 0.735 bits per heavy atom. The largest absolute Gasteiger partial charge is 0.366 e. The Kier molecular flexibility index (Phi) is 9.12. The van der Waals surface area contributed by atoms with E-state index in [1.165, 1.54) is 0 Å². The van der Waals surface area contributed by atoms with Crippen LogP contribution in [0.25, 0.3) is 11.4 Å². The second kappa shape index (κ2) is 13.5. The van der Waals surface area contributed by atoms with Crippen molar-refractivity contribution in [3.8, 4) is 0 Å². The van der Waals surface area contributed by atoms with Crippen LogP contribution in [-0.4, -0.2) is 21.3 Å². The van der Waals surface area contributed by atoms with E-state index >= 15 is 0 Å². The molecule has 6 heteroatoms. The Balaban J connectivity index is 1.69. The van der Waals surface area contributed by atoms with E-state index in [1.807, 2.05) is 30.3 Å². The smallest absolute Gasteiger partial charge is 0.160 e. The van der Waals surface area contributed by atoms with Crippen molar-refractivity contribution in [2.24, 2.45) is 5.92 Å². The fourth-order valence-electron chi connectivity index (χ4n) is 7.04. The number of benzene rings is 5. The molecule has 5 aromatic carbocycles. The SMILES string of the molecule is C=C1/C(N(c2ccccc2)c2ccccc2)=c2/ccc(Cl)c/c2=C(\N(c2ccccc2)c2ccccc2)C2(Br)C=CC1C(OC(C)(C)O)C2. The fourth-order valence-corrected chi connectivity index (χ4v) is 8.07. The molecule has 0 heterocycles. The summed E-state index contributed by atoms with van der Waals surface area (Å²) in [5.74, 6) is -1.64. The molecule has 3 atom stereocenters. The molecule has 3 unspecified atom stereocenters. The molecule has 0 saturated carbocycles.